The lowest BCUT2D eigenvalue weighted by molar-refractivity contribution is -0.140. The second kappa shape index (κ2) is 17.1. The molecule has 0 aliphatic rings. The Balaban J connectivity index is 4.54. The molecule has 0 aliphatic carbocycles. The summed E-state index contributed by atoms with van der Waals surface area (Å²) in [4.78, 5) is 11.1. The van der Waals surface area contributed by atoms with Crippen molar-refractivity contribution >= 4 is 22.6 Å². The van der Waals surface area contributed by atoms with Crippen LogP contribution in [0.1, 0.15) is 84.0 Å². The van der Waals surface area contributed by atoms with Crippen LogP contribution < -0.4 is 0 Å². The zero-order valence-corrected chi connectivity index (χ0v) is 23.9. The summed E-state index contributed by atoms with van der Waals surface area (Å²) >= 11 is 0. The second-order valence-electron chi connectivity index (χ2n) is 10.6. The lowest BCUT2D eigenvalue weighted by Crippen LogP contribution is -2.44. The van der Waals surface area contributed by atoms with Crippen molar-refractivity contribution in [1.82, 2.24) is 0 Å². The SMILES string of the molecule is CCCCCC(O[Si](C)(C)C)C(C/C=C\CCCCCCCC(=O)OC)O[Si](C)(C)C. The minimum absolute atomic E-state index is 0.0934. The molecule has 2 atom stereocenters. The summed E-state index contributed by atoms with van der Waals surface area (Å²) in [6.45, 7) is 15.9. The molecule has 0 rings (SSSR count). The zero-order valence-electron chi connectivity index (χ0n) is 21.9. The van der Waals surface area contributed by atoms with Crippen LogP contribution in [0.5, 0.6) is 0 Å². The number of carbonyl (C=O) groups excluding carboxylic acids is 1. The maximum atomic E-state index is 11.1. The van der Waals surface area contributed by atoms with Gasteiger partial charge in [0.25, 0.3) is 0 Å². The summed E-state index contributed by atoms with van der Waals surface area (Å²) < 4.78 is 17.9. The molecule has 2 unspecified atom stereocenters. The summed E-state index contributed by atoms with van der Waals surface area (Å²) in [5.74, 6) is -0.0934. The Kier molecular flexibility index (Phi) is 16.9. The van der Waals surface area contributed by atoms with Crippen LogP contribution in [0.15, 0.2) is 12.2 Å². The number of hydrogen-bond donors (Lipinski definition) is 0. The van der Waals surface area contributed by atoms with Gasteiger partial charge in [0.2, 0.25) is 0 Å². The number of ether oxygens (including phenoxy) is 1. The highest BCUT2D eigenvalue weighted by Gasteiger charge is 2.31. The highest BCUT2D eigenvalue weighted by atomic mass is 28.4. The van der Waals surface area contributed by atoms with Crippen LogP contribution in [0.4, 0.5) is 0 Å². The van der Waals surface area contributed by atoms with Gasteiger partial charge >= 0.3 is 5.97 Å². The Morgan fingerprint density at radius 1 is 0.774 bits per heavy atom. The summed E-state index contributed by atoms with van der Waals surface area (Å²) in [6, 6.07) is 0. The number of unbranched alkanes of at least 4 members (excludes halogenated alkanes) is 7. The van der Waals surface area contributed by atoms with Crippen molar-refractivity contribution in [3.05, 3.63) is 12.2 Å². The first-order valence-electron chi connectivity index (χ1n) is 12.6. The fraction of sp³-hybridized carbons (Fsp3) is 0.880. The van der Waals surface area contributed by atoms with E-state index >= 15 is 0 Å². The van der Waals surface area contributed by atoms with Crippen LogP contribution in [0, 0.1) is 0 Å². The maximum absolute atomic E-state index is 11.1. The van der Waals surface area contributed by atoms with Gasteiger partial charge in [0.1, 0.15) is 0 Å². The van der Waals surface area contributed by atoms with Crippen LogP contribution in [-0.4, -0.2) is 41.9 Å². The average molecular weight is 473 g/mol. The minimum atomic E-state index is -1.64. The first-order valence-corrected chi connectivity index (χ1v) is 19.4. The second-order valence-corrected chi connectivity index (χ2v) is 19.5. The smallest absolute Gasteiger partial charge is 0.305 e. The molecule has 0 radical (unpaired) electrons. The molecule has 4 nitrogen and oxygen atoms in total. The maximum Gasteiger partial charge on any atom is 0.305 e. The van der Waals surface area contributed by atoms with E-state index in [1.165, 1.54) is 45.6 Å². The van der Waals surface area contributed by atoms with E-state index in [2.05, 4.69) is 63.1 Å². The molecule has 0 N–H and O–H groups in total. The summed E-state index contributed by atoms with van der Waals surface area (Å²) in [5, 5.41) is 0. The minimum Gasteiger partial charge on any atom is -0.469 e. The Bertz CT molecular complexity index is 481. The number of methoxy groups -OCH3 is 1. The van der Waals surface area contributed by atoms with Crippen molar-refractivity contribution in [1.29, 1.82) is 0 Å². The molecule has 0 aromatic carbocycles. The molecular formula is C25H52O4Si2. The standard InChI is InChI=1S/C25H52O4Si2/c1-9-10-17-20-23(28-30(3,4)5)24(29-31(6,7)8)21-18-15-13-11-12-14-16-19-22-25(26)27-2/h15,18,23-24H,9-14,16-17,19-22H2,1-8H3/b18-15-. The van der Waals surface area contributed by atoms with E-state index < -0.39 is 16.6 Å². The third kappa shape index (κ3) is 19.9. The first-order chi connectivity index (χ1) is 14.5. The number of rotatable bonds is 19. The van der Waals surface area contributed by atoms with E-state index in [1.54, 1.807) is 0 Å². The molecule has 0 aromatic heterocycles. The normalized spacial score (nSPS) is 14.7. The fourth-order valence-electron chi connectivity index (χ4n) is 3.61. The van der Waals surface area contributed by atoms with Crippen LogP contribution in [0.25, 0.3) is 0 Å². The Labute approximate surface area is 195 Å². The Morgan fingerprint density at radius 3 is 1.94 bits per heavy atom. The van der Waals surface area contributed by atoms with Crippen molar-refractivity contribution < 1.29 is 18.4 Å². The molecule has 6 heteroatoms. The largest absolute Gasteiger partial charge is 0.469 e. The van der Waals surface area contributed by atoms with Gasteiger partial charge in [0, 0.05) is 6.42 Å². The van der Waals surface area contributed by atoms with Crippen molar-refractivity contribution in [2.45, 2.75) is 135 Å². The number of esters is 1. The molecule has 0 aliphatic heterocycles. The molecule has 0 saturated heterocycles. The molecule has 0 spiro atoms. The van der Waals surface area contributed by atoms with Gasteiger partial charge < -0.3 is 13.6 Å². The van der Waals surface area contributed by atoms with Gasteiger partial charge in [-0.3, -0.25) is 4.79 Å². The number of hydrogen-bond acceptors (Lipinski definition) is 4. The van der Waals surface area contributed by atoms with E-state index in [1.807, 2.05) is 0 Å². The predicted octanol–water partition coefficient (Wildman–Crippen LogP) is 7.86. The van der Waals surface area contributed by atoms with Crippen LogP contribution in [0.2, 0.25) is 39.3 Å². The Hall–Kier alpha value is -0.436. The molecule has 184 valence electrons. The number of carbonyl (C=O) groups is 1. The highest BCUT2D eigenvalue weighted by Crippen LogP contribution is 2.24. The zero-order chi connectivity index (χ0) is 23.8. The van der Waals surface area contributed by atoms with Crippen molar-refractivity contribution in [2.75, 3.05) is 7.11 Å². The van der Waals surface area contributed by atoms with Gasteiger partial charge in [-0.2, -0.15) is 0 Å². The van der Waals surface area contributed by atoms with E-state index in [4.69, 9.17) is 8.85 Å². The van der Waals surface area contributed by atoms with E-state index in [9.17, 15) is 4.79 Å². The van der Waals surface area contributed by atoms with Gasteiger partial charge in [0.15, 0.2) is 16.6 Å². The van der Waals surface area contributed by atoms with Gasteiger partial charge in [-0.25, -0.2) is 0 Å². The van der Waals surface area contributed by atoms with Gasteiger partial charge in [0.05, 0.1) is 19.3 Å². The monoisotopic (exact) mass is 472 g/mol. The predicted molar refractivity (Wildman–Crippen MR) is 139 cm³/mol. The Morgan fingerprint density at radius 2 is 1.35 bits per heavy atom. The van der Waals surface area contributed by atoms with Crippen LogP contribution >= 0.6 is 0 Å². The molecule has 0 aromatic rings. The third-order valence-electron chi connectivity index (χ3n) is 5.03. The van der Waals surface area contributed by atoms with E-state index in [0.717, 1.165) is 32.1 Å². The quantitative estimate of drug-likeness (QED) is 0.0830. The first kappa shape index (κ1) is 30.6. The van der Waals surface area contributed by atoms with E-state index in [-0.39, 0.29) is 18.2 Å². The summed E-state index contributed by atoms with van der Waals surface area (Å²) in [6.07, 6.45) is 18.1. The third-order valence-corrected chi connectivity index (χ3v) is 7.05. The lowest BCUT2D eigenvalue weighted by atomic mass is 10.0. The van der Waals surface area contributed by atoms with Crippen molar-refractivity contribution in [3.8, 4) is 0 Å². The van der Waals surface area contributed by atoms with Crippen molar-refractivity contribution in [3.63, 3.8) is 0 Å². The topological polar surface area (TPSA) is 44.8 Å². The fourth-order valence-corrected chi connectivity index (χ4v) is 5.95. The highest BCUT2D eigenvalue weighted by molar-refractivity contribution is 6.70. The van der Waals surface area contributed by atoms with Crippen LogP contribution in [-0.2, 0) is 18.4 Å². The van der Waals surface area contributed by atoms with Gasteiger partial charge in [-0.05, 0) is 71.4 Å². The average Bonchev–Trinajstić information content (AvgIpc) is 2.65. The molecule has 0 bridgehead atoms. The molecule has 0 fully saturated rings. The molecule has 0 heterocycles. The number of allylic oxidation sites excluding steroid dienone is 1. The molecule has 0 saturated carbocycles. The van der Waals surface area contributed by atoms with Crippen LogP contribution in [0.3, 0.4) is 0 Å². The summed E-state index contributed by atoms with van der Waals surface area (Å²) in [5.41, 5.74) is 0. The van der Waals surface area contributed by atoms with Gasteiger partial charge in [-0.1, -0.05) is 57.6 Å². The van der Waals surface area contributed by atoms with Gasteiger partial charge in [-0.15, -0.1) is 0 Å². The molecular weight excluding hydrogens is 420 g/mol. The molecule has 31 heavy (non-hydrogen) atoms. The van der Waals surface area contributed by atoms with Crippen molar-refractivity contribution in [2.24, 2.45) is 0 Å². The lowest BCUT2D eigenvalue weighted by Gasteiger charge is -2.36. The van der Waals surface area contributed by atoms with E-state index in [0.29, 0.717) is 6.42 Å². The molecule has 0 amide bonds. The summed E-state index contributed by atoms with van der Waals surface area (Å²) in [7, 11) is -1.81.